The second kappa shape index (κ2) is 5.98. The Hall–Kier alpha value is -1.06. The van der Waals surface area contributed by atoms with Crippen LogP contribution in [0.15, 0.2) is 24.3 Å². The van der Waals surface area contributed by atoms with Crippen LogP contribution in [0.25, 0.3) is 0 Å². The van der Waals surface area contributed by atoms with Gasteiger partial charge in [-0.2, -0.15) is 0 Å². The van der Waals surface area contributed by atoms with E-state index in [0.717, 1.165) is 12.2 Å². The van der Waals surface area contributed by atoms with Crippen LogP contribution in [-0.2, 0) is 4.74 Å². The monoisotopic (exact) mass is 291 g/mol. The van der Waals surface area contributed by atoms with Crippen molar-refractivity contribution in [1.82, 2.24) is 5.32 Å². The molecule has 1 aliphatic heterocycles. The molecule has 21 heavy (non-hydrogen) atoms. The molecule has 0 radical (unpaired) electrons. The van der Waals surface area contributed by atoms with E-state index in [0.29, 0.717) is 12.5 Å². The summed E-state index contributed by atoms with van der Waals surface area (Å²) in [6.07, 6.45) is 1.05. The zero-order valence-corrected chi connectivity index (χ0v) is 14.2. The third kappa shape index (κ3) is 3.58. The summed E-state index contributed by atoms with van der Waals surface area (Å²) in [6, 6.07) is 8.72. The fourth-order valence-electron chi connectivity index (χ4n) is 3.66. The standard InChI is InChI=1S/C18H29NO2/c1-7-20-14-10-8-13(9-11-14)16(19-6)15-12-17(2,3)21-18(15,4)5/h8-11,15-16,19H,7,12H2,1-6H3. The van der Waals surface area contributed by atoms with E-state index < -0.39 is 0 Å². The summed E-state index contributed by atoms with van der Waals surface area (Å²) in [5.41, 5.74) is 1.10. The number of ether oxygens (including phenoxy) is 2. The first-order chi connectivity index (χ1) is 9.79. The molecule has 3 nitrogen and oxygen atoms in total. The van der Waals surface area contributed by atoms with Gasteiger partial charge in [0.15, 0.2) is 0 Å². The van der Waals surface area contributed by atoms with Crippen molar-refractivity contribution in [2.75, 3.05) is 13.7 Å². The van der Waals surface area contributed by atoms with Crippen LogP contribution >= 0.6 is 0 Å². The van der Waals surface area contributed by atoms with Gasteiger partial charge in [-0.1, -0.05) is 12.1 Å². The molecule has 0 saturated carbocycles. The molecule has 1 aromatic carbocycles. The van der Waals surface area contributed by atoms with Crippen LogP contribution in [-0.4, -0.2) is 24.9 Å². The summed E-state index contributed by atoms with van der Waals surface area (Å²) < 4.78 is 11.8. The second-order valence-corrected chi connectivity index (χ2v) is 7.04. The number of rotatable bonds is 5. The van der Waals surface area contributed by atoms with Crippen LogP contribution in [0.3, 0.4) is 0 Å². The summed E-state index contributed by atoms with van der Waals surface area (Å²) in [5, 5.41) is 3.48. The molecule has 0 bridgehead atoms. The summed E-state index contributed by atoms with van der Waals surface area (Å²) in [5.74, 6) is 1.37. The van der Waals surface area contributed by atoms with Gasteiger partial charge < -0.3 is 14.8 Å². The highest BCUT2D eigenvalue weighted by molar-refractivity contribution is 5.30. The third-order valence-electron chi connectivity index (χ3n) is 4.41. The number of benzene rings is 1. The topological polar surface area (TPSA) is 30.5 Å². The minimum Gasteiger partial charge on any atom is -0.494 e. The molecule has 0 aliphatic carbocycles. The van der Waals surface area contributed by atoms with Gasteiger partial charge in [-0.05, 0) is 65.8 Å². The Morgan fingerprint density at radius 2 is 1.86 bits per heavy atom. The van der Waals surface area contributed by atoms with E-state index in [9.17, 15) is 0 Å². The lowest BCUT2D eigenvalue weighted by Crippen LogP contribution is -2.37. The number of nitrogens with one attached hydrogen (secondary N) is 1. The van der Waals surface area contributed by atoms with Crippen molar-refractivity contribution in [3.8, 4) is 5.75 Å². The molecular weight excluding hydrogens is 262 g/mol. The Kier molecular flexibility index (Phi) is 4.64. The van der Waals surface area contributed by atoms with Gasteiger partial charge in [-0.25, -0.2) is 0 Å². The van der Waals surface area contributed by atoms with Gasteiger partial charge in [0.1, 0.15) is 5.75 Å². The third-order valence-corrected chi connectivity index (χ3v) is 4.41. The molecular formula is C18H29NO2. The SMILES string of the molecule is CCOc1ccc(C(NC)C2CC(C)(C)OC2(C)C)cc1. The highest BCUT2D eigenvalue weighted by Crippen LogP contribution is 2.47. The van der Waals surface area contributed by atoms with Gasteiger partial charge in [0.25, 0.3) is 0 Å². The van der Waals surface area contributed by atoms with E-state index in [2.05, 4.69) is 57.3 Å². The lowest BCUT2D eigenvalue weighted by atomic mass is 9.79. The lowest BCUT2D eigenvalue weighted by molar-refractivity contribution is -0.0776. The molecule has 2 unspecified atom stereocenters. The van der Waals surface area contributed by atoms with E-state index in [1.807, 2.05) is 14.0 Å². The van der Waals surface area contributed by atoms with Crippen LogP contribution in [0.2, 0.25) is 0 Å². The van der Waals surface area contributed by atoms with Gasteiger partial charge in [-0.15, -0.1) is 0 Å². The van der Waals surface area contributed by atoms with E-state index >= 15 is 0 Å². The average Bonchev–Trinajstić information content (AvgIpc) is 2.61. The zero-order valence-electron chi connectivity index (χ0n) is 14.2. The highest BCUT2D eigenvalue weighted by Gasteiger charge is 2.48. The summed E-state index contributed by atoms with van der Waals surface area (Å²) >= 11 is 0. The van der Waals surface area contributed by atoms with Crippen LogP contribution in [0, 0.1) is 5.92 Å². The van der Waals surface area contributed by atoms with Gasteiger partial charge >= 0.3 is 0 Å². The first kappa shape index (κ1) is 16.3. The molecule has 1 N–H and O–H groups in total. The second-order valence-electron chi connectivity index (χ2n) is 7.04. The molecule has 1 fully saturated rings. The quantitative estimate of drug-likeness (QED) is 0.891. The predicted octanol–water partition coefficient (Wildman–Crippen LogP) is 3.94. The lowest BCUT2D eigenvalue weighted by Gasteiger charge is -2.33. The van der Waals surface area contributed by atoms with Crippen molar-refractivity contribution >= 4 is 0 Å². The van der Waals surface area contributed by atoms with Crippen LogP contribution in [0.4, 0.5) is 0 Å². The molecule has 2 rings (SSSR count). The molecule has 0 aromatic heterocycles. The normalized spacial score (nSPS) is 24.8. The molecule has 0 spiro atoms. The Labute approximate surface area is 129 Å². The van der Waals surface area contributed by atoms with Crippen molar-refractivity contribution in [1.29, 1.82) is 0 Å². The molecule has 118 valence electrons. The number of hydrogen-bond acceptors (Lipinski definition) is 3. The maximum atomic E-state index is 6.25. The Morgan fingerprint density at radius 3 is 2.29 bits per heavy atom. The van der Waals surface area contributed by atoms with E-state index in [1.165, 1.54) is 5.56 Å². The maximum Gasteiger partial charge on any atom is 0.119 e. The summed E-state index contributed by atoms with van der Waals surface area (Å²) in [4.78, 5) is 0. The molecule has 1 aliphatic rings. The largest absolute Gasteiger partial charge is 0.494 e. The van der Waals surface area contributed by atoms with Crippen molar-refractivity contribution in [3.63, 3.8) is 0 Å². The van der Waals surface area contributed by atoms with Gasteiger partial charge in [0, 0.05) is 12.0 Å². The van der Waals surface area contributed by atoms with Gasteiger partial charge in [-0.3, -0.25) is 0 Å². The van der Waals surface area contributed by atoms with Crippen molar-refractivity contribution in [2.45, 2.75) is 58.3 Å². The first-order valence-corrected chi connectivity index (χ1v) is 7.89. The summed E-state index contributed by atoms with van der Waals surface area (Å²) in [6.45, 7) is 11.5. The van der Waals surface area contributed by atoms with Gasteiger partial charge in [0.2, 0.25) is 0 Å². The molecule has 2 atom stereocenters. The highest BCUT2D eigenvalue weighted by atomic mass is 16.5. The molecule has 1 aromatic rings. The zero-order chi connectivity index (χ0) is 15.7. The van der Waals surface area contributed by atoms with Crippen LogP contribution in [0.1, 0.15) is 52.6 Å². The van der Waals surface area contributed by atoms with Gasteiger partial charge in [0.05, 0.1) is 17.8 Å². The fourth-order valence-corrected chi connectivity index (χ4v) is 3.66. The van der Waals surface area contributed by atoms with Crippen molar-refractivity contribution in [2.24, 2.45) is 5.92 Å². The molecule has 1 heterocycles. The minimum atomic E-state index is -0.129. The van der Waals surface area contributed by atoms with Crippen LogP contribution < -0.4 is 10.1 Å². The maximum absolute atomic E-state index is 6.25. The van der Waals surface area contributed by atoms with E-state index in [-0.39, 0.29) is 17.2 Å². The Bertz CT molecular complexity index is 465. The Balaban J connectivity index is 2.23. The van der Waals surface area contributed by atoms with Crippen molar-refractivity contribution < 1.29 is 9.47 Å². The van der Waals surface area contributed by atoms with Crippen LogP contribution in [0.5, 0.6) is 5.75 Å². The smallest absolute Gasteiger partial charge is 0.119 e. The van der Waals surface area contributed by atoms with E-state index in [1.54, 1.807) is 0 Å². The summed E-state index contributed by atoms with van der Waals surface area (Å²) in [7, 11) is 2.03. The number of hydrogen-bond donors (Lipinski definition) is 1. The molecule has 0 amide bonds. The average molecular weight is 291 g/mol. The molecule has 3 heteroatoms. The minimum absolute atomic E-state index is 0.0610. The first-order valence-electron chi connectivity index (χ1n) is 7.89. The fraction of sp³-hybridized carbons (Fsp3) is 0.667. The van der Waals surface area contributed by atoms with Crippen molar-refractivity contribution in [3.05, 3.63) is 29.8 Å². The predicted molar refractivity (Wildman–Crippen MR) is 86.8 cm³/mol. The Morgan fingerprint density at radius 1 is 1.24 bits per heavy atom. The molecule has 1 saturated heterocycles. The van der Waals surface area contributed by atoms with E-state index in [4.69, 9.17) is 9.47 Å².